The molecule has 0 atom stereocenters. The average molecular weight is 241 g/mol. The summed E-state index contributed by atoms with van der Waals surface area (Å²) in [5.74, 6) is 0. The molecule has 0 amide bonds. The lowest BCUT2D eigenvalue weighted by atomic mass is 10.1. The van der Waals surface area contributed by atoms with Crippen LogP contribution >= 0.6 is 0 Å². The lowest BCUT2D eigenvalue weighted by Gasteiger charge is -2.09. The van der Waals surface area contributed by atoms with Crippen molar-refractivity contribution in [2.24, 2.45) is 0 Å². The van der Waals surface area contributed by atoms with Crippen LogP contribution in [0.3, 0.4) is 0 Å². The number of hydrogen-bond acceptors (Lipinski definition) is 2. The van der Waals surface area contributed by atoms with E-state index in [0.717, 1.165) is 0 Å². The SMILES string of the molecule is O=Cc1[nH]c(C(F)(F)F)cc(=O)c1C(F)F. The van der Waals surface area contributed by atoms with Crippen molar-refractivity contribution in [3.05, 3.63) is 33.2 Å². The molecule has 0 radical (unpaired) electrons. The van der Waals surface area contributed by atoms with Crippen LogP contribution in [0.15, 0.2) is 10.9 Å². The second kappa shape index (κ2) is 4.03. The first-order valence-electron chi connectivity index (χ1n) is 3.85. The molecule has 0 saturated carbocycles. The molecule has 0 aromatic carbocycles. The molecule has 1 rings (SSSR count). The predicted octanol–water partition coefficient (Wildman–Crippen LogP) is 2.14. The second-order valence-electron chi connectivity index (χ2n) is 2.79. The number of halogens is 5. The maximum atomic E-state index is 12.2. The highest BCUT2D eigenvalue weighted by atomic mass is 19.4. The Labute approximate surface area is 84.9 Å². The minimum atomic E-state index is -4.91. The Kier molecular flexibility index (Phi) is 3.11. The van der Waals surface area contributed by atoms with Crippen molar-refractivity contribution >= 4 is 6.29 Å². The van der Waals surface area contributed by atoms with E-state index in [0.29, 0.717) is 0 Å². The third-order valence-electron chi connectivity index (χ3n) is 1.74. The van der Waals surface area contributed by atoms with Crippen LogP contribution < -0.4 is 5.43 Å². The molecule has 3 nitrogen and oxygen atoms in total. The Morgan fingerprint density at radius 1 is 1.31 bits per heavy atom. The molecule has 1 aromatic heterocycles. The van der Waals surface area contributed by atoms with E-state index >= 15 is 0 Å². The third kappa shape index (κ3) is 2.26. The number of carbonyl (C=O) groups is 1. The third-order valence-corrected chi connectivity index (χ3v) is 1.74. The van der Waals surface area contributed by atoms with Crippen LogP contribution in [0.5, 0.6) is 0 Å². The number of aromatic nitrogens is 1. The fourth-order valence-corrected chi connectivity index (χ4v) is 1.06. The minimum absolute atomic E-state index is 0.00546. The topological polar surface area (TPSA) is 49.9 Å². The number of aromatic amines is 1. The van der Waals surface area contributed by atoms with E-state index in [1.54, 1.807) is 0 Å². The van der Waals surface area contributed by atoms with E-state index in [4.69, 9.17) is 0 Å². The Morgan fingerprint density at radius 3 is 2.25 bits per heavy atom. The number of pyridine rings is 1. The Bertz CT molecular complexity index is 462. The van der Waals surface area contributed by atoms with E-state index in [2.05, 4.69) is 0 Å². The normalized spacial score (nSPS) is 11.9. The summed E-state index contributed by atoms with van der Waals surface area (Å²) in [5.41, 5.74) is -5.38. The maximum Gasteiger partial charge on any atom is 0.431 e. The zero-order valence-corrected chi connectivity index (χ0v) is 7.44. The van der Waals surface area contributed by atoms with Crippen molar-refractivity contribution in [3.8, 4) is 0 Å². The molecule has 16 heavy (non-hydrogen) atoms. The number of aldehydes is 1. The molecule has 0 fully saturated rings. The van der Waals surface area contributed by atoms with Crippen LogP contribution in [-0.4, -0.2) is 11.3 Å². The molecule has 8 heteroatoms. The standard InChI is InChI=1S/C8H4F5NO2/c9-7(10)6-3(2-15)14-5(1-4(6)16)8(11,12)13/h1-2,7H,(H,14,16). The molecular formula is C8H4F5NO2. The Balaban J connectivity index is 3.51. The molecule has 1 N–H and O–H groups in total. The van der Waals surface area contributed by atoms with Gasteiger partial charge in [0.1, 0.15) is 5.69 Å². The second-order valence-corrected chi connectivity index (χ2v) is 2.79. The summed E-state index contributed by atoms with van der Waals surface area (Å²) in [5, 5.41) is 0. The molecule has 1 heterocycles. The zero-order valence-electron chi connectivity index (χ0n) is 7.44. The summed E-state index contributed by atoms with van der Waals surface area (Å²) >= 11 is 0. The quantitative estimate of drug-likeness (QED) is 0.637. The first-order valence-corrected chi connectivity index (χ1v) is 3.85. The first kappa shape index (κ1) is 12.3. The smallest absolute Gasteiger partial charge is 0.348 e. The van der Waals surface area contributed by atoms with Crippen LogP contribution in [0.2, 0.25) is 0 Å². The number of hydrogen-bond donors (Lipinski definition) is 1. The van der Waals surface area contributed by atoms with Gasteiger partial charge in [-0.2, -0.15) is 13.2 Å². The number of alkyl halides is 5. The summed E-state index contributed by atoms with van der Waals surface area (Å²) < 4.78 is 60.9. The van der Waals surface area contributed by atoms with Crippen molar-refractivity contribution in [3.63, 3.8) is 0 Å². The van der Waals surface area contributed by atoms with Gasteiger partial charge in [-0.15, -0.1) is 0 Å². The van der Waals surface area contributed by atoms with E-state index in [9.17, 15) is 31.5 Å². The molecule has 88 valence electrons. The summed E-state index contributed by atoms with van der Waals surface area (Å²) in [4.78, 5) is 22.7. The van der Waals surface area contributed by atoms with Crippen LogP contribution in [0, 0.1) is 0 Å². The number of nitrogens with one attached hydrogen (secondary N) is 1. The van der Waals surface area contributed by atoms with Gasteiger partial charge in [0.25, 0.3) is 6.43 Å². The van der Waals surface area contributed by atoms with Crippen LogP contribution in [0.1, 0.15) is 28.2 Å². The molecule has 0 bridgehead atoms. The highest BCUT2D eigenvalue weighted by molar-refractivity contribution is 5.74. The monoisotopic (exact) mass is 241 g/mol. The molecule has 1 aromatic rings. The summed E-state index contributed by atoms with van der Waals surface area (Å²) in [7, 11) is 0. The van der Waals surface area contributed by atoms with Gasteiger partial charge in [-0.05, 0) is 0 Å². The van der Waals surface area contributed by atoms with Crippen molar-refractivity contribution in [2.45, 2.75) is 12.6 Å². The van der Waals surface area contributed by atoms with Crippen LogP contribution in [-0.2, 0) is 6.18 Å². The summed E-state index contributed by atoms with van der Waals surface area (Å²) in [6, 6.07) is -0.00546. The molecule has 0 aliphatic rings. The Hall–Kier alpha value is -1.73. The van der Waals surface area contributed by atoms with E-state index < -0.39 is 35.0 Å². The first-order chi connectivity index (χ1) is 7.27. The lowest BCUT2D eigenvalue weighted by Crippen LogP contribution is -2.20. The molecular weight excluding hydrogens is 237 g/mol. The van der Waals surface area contributed by atoms with Crippen molar-refractivity contribution in [1.29, 1.82) is 0 Å². The van der Waals surface area contributed by atoms with Gasteiger partial charge in [0.05, 0.1) is 11.3 Å². The molecule has 0 spiro atoms. The highest BCUT2D eigenvalue weighted by Gasteiger charge is 2.34. The van der Waals surface area contributed by atoms with E-state index in [-0.39, 0.29) is 12.4 Å². The molecule has 0 aliphatic heterocycles. The number of H-pyrrole nitrogens is 1. The summed E-state index contributed by atoms with van der Waals surface area (Å²) in [6.07, 6.45) is -8.47. The summed E-state index contributed by atoms with van der Waals surface area (Å²) in [6.45, 7) is 0. The van der Waals surface area contributed by atoms with Crippen LogP contribution in [0.4, 0.5) is 22.0 Å². The van der Waals surface area contributed by atoms with Crippen molar-refractivity contribution in [2.75, 3.05) is 0 Å². The van der Waals surface area contributed by atoms with Gasteiger partial charge in [0.2, 0.25) is 0 Å². The fraction of sp³-hybridized carbons (Fsp3) is 0.250. The average Bonchev–Trinajstić information content (AvgIpc) is 2.14. The molecule has 0 aliphatic carbocycles. The van der Waals surface area contributed by atoms with Crippen LogP contribution in [0.25, 0.3) is 0 Å². The Morgan fingerprint density at radius 2 is 1.88 bits per heavy atom. The maximum absolute atomic E-state index is 12.2. The predicted molar refractivity (Wildman–Crippen MR) is 42.4 cm³/mol. The van der Waals surface area contributed by atoms with Crippen molar-refractivity contribution < 1.29 is 26.7 Å². The van der Waals surface area contributed by atoms with Gasteiger partial charge < -0.3 is 4.98 Å². The van der Waals surface area contributed by atoms with Gasteiger partial charge in [-0.25, -0.2) is 8.78 Å². The van der Waals surface area contributed by atoms with Gasteiger partial charge in [-0.1, -0.05) is 0 Å². The fourth-order valence-electron chi connectivity index (χ4n) is 1.06. The van der Waals surface area contributed by atoms with Gasteiger partial charge in [0, 0.05) is 6.07 Å². The molecule has 0 saturated heterocycles. The number of rotatable bonds is 2. The van der Waals surface area contributed by atoms with Gasteiger partial charge in [-0.3, -0.25) is 9.59 Å². The van der Waals surface area contributed by atoms with Crippen molar-refractivity contribution in [1.82, 2.24) is 4.98 Å². The van der Waals surface area contributed by atoms with E-state index in [1.165, 1.54) is 4.98 Å². The van der Waals surface area contributed by atoms with Gasteiger partial charge in [0.15, 0.2) is 11.7 Å². The lowest BCUT2D eigenvalue weighted by molar-refractivity contribution is -0.141. The van der Waals surface area contributed by atoms with Gasteiger partial charge >= 0.3 is 6.18 Å². The largest absolute Gasteiger partial charge is 0.431 e. The highest BCUT2D eigenvalue weighted by Crippen LogP contribution is 2.28. The number of carbonyl (C=O) groups excluding carboxylic acids is 1. The zero-order chi connectivity index (χ0) is 12.5. The molecule has 0 unspecified atom stereocenters. The minimum Gasteiger partial charge on any atom is -0.348 e. The van der Waals surface area contributed by atoms with E-state index in [1.807, 2.05) is 0 Å².